The van der Waals surface area contributed by atoms with E-state index in [1.807, 2.05) is 6.07 Å². The Morgan fingerprint density at radius 1 is 1.46 bits per heavy atom. The van der Waals surface area contributed by atoms with E-state index in [9.17, 15) is 0 Å². The molecule has 2 unspecified atom stereocenters. The summed E-state index contributed by atoms with van der Waals surface area (Å²) in [5.74, 6) is 1.37. The van der Waals surface area contributed by atoms with Crippen LogP contribution in [-0.4, -0.2) is 6.54 Å². The Balaban J connectivity index is 2.15. The molecule has 1 saturated carbocycles. The summed E-state index contributed by atoms with van der Waals surface area (Å²) in [4.78, 5) is 1.43. The number of rotatable bonds is 2. The second kappa shape index (κ2) is 3.99. The minimum atomic E-state index is 0.683. The zero-order valence-electron chi connectivity index (χ0n) is 7.50. The van der Waals surface area contributed by atoms with E-state index < -0.39 is 0 Å². The van der Waals surface area contributed by atoms with E-state index in [2.05, 4.69) is 6.07 Å². The molecule has 13 heavy (non-hydrogen) atoms. The molecule has 0 aromatic carbocycles. The van der Waals surface area contributed by atoms with Crippen molar-refractivity contribution in [3.8, 4) is 0 Å². The molecule has 0 spiro atoms. The van der Waals surface area contributed by atoms with Crippen molar-refractivity contribution in [1.82, 2.24) is 0 Å². The van der Waals surface area contributed by atoms with Crippen molar-refractivity contribution >= 4 is 22.9 Å². The van der Waals surface area contributed by atoms with Crippen LogP contribution in [0.25, 0.3) is 0 Å². The second-order valence-electron chi connectivity index (χ2n) is 3.68. The van der Waals surface area contributed by atoms with Gasteiger partial charge in [-0.15, -0.1) is 11.3 Å². The summed E-state index contributed by atoms with van der Waals surface area (Å²) in [6.45, 7) is 0.820. The van der Waals surface area contributed by atoms with Crippen molar-refractivity contribution in [3.63, 3.8) is 0 Å². The van der Waals surface area contributed by atoms with Gasteiger partial charge < -0.3 is 5.73 Å². The molecule has 0 aliphatic heterocycles. The highest BCUT2D eigenvalue weighted by molar-refractivity contribution is 7.16. The molecule has 1 heterocycles. The monoisotopic (exact) mass is 215 g/mol. The number of hydrogen-bond acceptors (Lipinski definition) is 2. The third kappa shape index (κ3) is 1.90. The van der Waals surface area contributed by atoms with E-state index in [-0.39, 0.29) is 0 Å². The Morgan fingerprint density at radius 3 is 2.92 bits per heavy atom. The van der Waals surface area contributed by atoms with Gasteiger partial charge in [-0.2, -0.15) is 0 Å². The van der Waals surface area contributed by atoms with Gasteiger partial charge in [-0.05, 0) is 43.4 Å². The molecule has 1 aromatic heterocycles. The van der Waals surface area contributed by atoms with Gasteiger partial charge in [0.25, 0.3) is 0 Å². The Labute approximate surface area is 87.9 Å². The van der Waals surface area contributed by atoms with Gasteiger partial charge in [0.15, 0.2) is 0 Å². The Kier molecular flexibility index (Phi) is 2.92. The maximum atomic E-state index is 5.92. The number of nitrogens with two attached hydrogens (primary N) is 1. The first-order valence-electron chi connectivity index (χ1n) is 4.76. The van der Waals surface area contributed by atoms with Crippen LogP contribution in [-0.2, 0) is 0 Å². The quantitative estimate of drug-likeness (QED) is 0.806. The fourth-order valence-corrected chi connectivity index (χ4v) is 3.51. The molecule has 1 fully saturated rings. The van der Waals surface area contributed by atoms with Crippen LogP contribution < -0.4 is 5.73 Å². The molecule has 0 bridgehead atoms. The van der Waals surface area contributed by atoms with Gasteiger partial charge in [-0.25, -0.2) is 0 Å². The summed E-state index contributed by atoms with van der Waals surface area (Å²) >= 11 is 7.63. The zero-order chi connectivity index (χ0) is 9.26. The summed E-state index contributed by atoms with van der Waals surface area (Å²) in [5.41, 5.74) is 5.74. The summed E-state index contributed by atoms with van der Waals surface area (Å²) in [6, 6.07) is 4.15. The van der Waals surface area contributed by atoms with Gasteiger partial charge in [0.05, 0.1) is 4.34 Å². The van der Waals surface area contributed by atoms with Crippen LogP contribution >= 0.6 is 22.9 Å². The van der Waals surface area contributed by atoms with Crippen LogP contribution in [0.1, 0.15) is 30.1 Å². The molecule has 1 aromatic rings. The van der Waals surface area contributed by atoms with Gasteiger partial charge >= 0.3 is 0 Å². The lowest BCUT2D eigenvalue weighted by atomic mass is 9.95. The predicted octanol–water partition coefficient (Wildman–Crippen LogP) is 3.24. The lowest BCUT2D eigenvalue weighted by Crippen LogP contribution is -2.16. The highest BCUT2D eigenvalue weighted by Gasteiger charge is 2.28. The second-order valence-corrected chi connectivity index (χ2v) is 5.42. The molecule has 1 aliphatic rings. The van der Waals surface area contributed by atoms with Gasteiger partial charge in [0.2, 0.25) is 0 Å². The van der Waals surface area contributed by atoms with Gasteiger partial charge in [-0.3, -0.25) is 0 Å². The van der Waals surface area contributed by atoms with E-state index in [1.54, 1.807) is 11.3 Å². The van der Waals surface area contributed by atoms with Crippen LogP contribution in [0.5, 0.6) is 0 Å². The molecule has 0 amide bonds. The Hall–Kier alpha value is -0.0500. The summed E-state index contributed by atoms with van der Waals surface area (Å²) < 4.78 is 0.901. The third-order valence-electron chi connectivity index (χ3n) is 2.92. The fraction of sp³-hybridized carbons (Fsp3) is 0.600. The minimum absolute atomic E-state index is 0.683. The molecular weight excluding hydrogens is 202 g/mol. The summed E-state index contributed by atoms with van der Waals surface area (Å²) in [6.07, 6.45) is 3.90. The lowest BCUT2D eigenvalue weighted by molar-refractivity contribution is 0.502. The standard InChI is InChI=1S/C10H14ClNS/c11-10-5-4-9(13-10)8-3-1-2-7(8)6-12/h4-5,7-8H,1-3,6,12H2. The largest absolute Gasteiger partial charge is 0.330 e. The van der Waals surface area contributed by atoms with Crippen LogP contribution in [0.2, 0.25) is 4.34 Å². The first kappa shape index (κ1) is 9.50. The first-order valence-corrected chi connectivity index (χ1v) is 5.96. The van der Waals surface area contributed by atoms with Crippen molar-refractivity contribution in [2.75, 3.05) is 6.54 Å². The van der Waals surface area contributed by atoms with E-state index >= 15 is 0 Å². The SMILES string of the molecule is NCC1CCCC1c1ccc(Cl)s1. The highest BCUT2D eigenvalue weighted by atomic mass is 35.5. The fourth-order valence-electron chi connectivity index (χ4n) is 2.22. The highest BCUT2D eigenvalue weighted by Crippen LogP contribution is 2.42. The molecular formula is C10H14ClNS. The molecule has 0 radical (unpaired) electrons. The van der Waals surface area contributed by atoms with Gasteiger partial charge in [0, 0.05) is 4.88 Å². The Morgan fingerprint density at radius 2 is 2.31 bits per heavy atom. The molecule has 2 rings (SSSR count). The zero-order valence-corrected chi connectivity index (χ0v) is 9.07. The normalized spacial score (nSPS) is 28.2. The minimum Gasteiger partial charge on any atom is -0.330 e. The molecule has 1 aliphatic carbocycles. The van der Waals surface area contributed by atoms with Crippen molar-refractivity contribution in [3.05, 3.63) is 21.3 Å². The molecule has 72 valence electrons. The van der Waals surface area contributed by atoms with Crippen LogP contribution in [0.15, 0.2) is 12.1 Å². The molecule has 2 atom stereocenters. The van der Waals surface area contributed by atoms with Gasteiger partial charge in [0.1, 0.15) is 0 Å². The van der Waals surface area contributed by atoms with Crippen LogP contribution in [0, 0.1) is 5.92 Å². The average molecular weight is 216 g/mol. The molecule has 3 heteroatoms. The number of hydrogen-bond donors (Lipinski definition) is 1. The molecule has 0 saturated heterocycles. The number of halogens is 1. The Bertz CT molecular complexity index is 284. The molecule has 2 N–H and O–H groups in total. The summed E-state index contributed by atoms with van der Waals surface area (Å²) in [5, 5.41) is 0. The maximum Gasteiger partial charge on any atom is 0.0931 e. The average Bonchev–Trinajstić information content (AvgIpc) is 2.71. The first-order chi connectivity index (χ1) is 6.31. The van der Waals surface area contributed by atoms with E-state index in [1.165, 1.54) is 24.1 Å². The van der Waals surface area contributed by atoms with Crippen molar-refractivity contribution in [2.24, 2.45) is 11.7 Å². The van der Waals surface area contributed by atoms with Crippen LogP contribution in [0.3, 0.4) is 0 Å². The van der Waals surface area contributed by atoms with E-state index in [4.69, 9.17) is 17.3 Å². The van der Waals surface area contributed by atoms with Crippen molar-refractivity contribution in [1.29, 1.82) is 0 Å². The topological polar surface area (TPSA) is 26.0 Å². The van der Waals surface area contributed by atoms with Gasteiger partial charge in [-0.1, -0.05) is 18.0 Å². The molecule has 1 nitrogen and oxygen atoms in total. The third-order valence-corrected chi connectivity index (χ3v) is 4.28. The summed E-state index contributed by atoms with van der Waals surface area (Å²) in [7, 11) is 0. The van der Waals surface area contributed by atoms with Crippen LogP contribution in [0.4, 0.5) is 0 Å². The van der Waals surface area contributed by atoms with E-state index in [0.717, 1.165) is 10.9 Å². The smallest absolute Gasteiger partial charge is 0.0931 e. The maximum absolute atomic E-state index is 5.92. The van der Waals surface area contributed by atoms with Crippen molar-refractivity contribution < 1.29 is 0 Å². The van der Waals surface area contributed by atoms with Crippen molar-refractivity contribution in [2.45, 2.75) is 25.2 Å². The predicted molar refractivity (Wildman–Crippen MR) is 58.5 cm³/mol. The number of thiophene rings is 1. The van der Waals surface area contributed by atoms with E-state index in [0.29, 0.717) is 11.8 Å². The lowest BCUT2D eigenvalue weighted by Gasteiger charge is -2.15.